The molecule has 7 heavy (non-hydrogen) atoms. The Morgan fingerprint density at radius 2 is 2.71 bits per heavy atom. The summed E-state index contributed by atoms with van der Waals surface area (Å²) < 4.78 is 0. The van der Waals surface area contributed by atoms with Crippen LogP contribution in [-0.4, -0.2) is 24.0 Å². The van der Waals surface area contributed by atoms with Crippen molar-refractivity contribution in [3.05, 3.63) is 0 Å². The fourth-order valence-electron chi connectivity index (χ4n) is 0.393. The number of aliphatic imine (C=N–C) groups is 1. The van der Waals surface area contributed by atoms with Gasteiger partial charge in [-0.1, -0.05) is 11.6 Å². The van der Waals surface area contributed by atoms with Crippen molar-refractivity contribution in [1.82, 2.24) is 10.4 Å². The number of hydrazine groups is 1. The minimum Gasteiger partial charge on any atom is -0.299 e. The van der Waals surface area contributed by atoms with Gasteiger partial charge in [0.05, 0.1) is 0 Å². The molecule has 0 saturated heterocycles. The monoisotopic (exact) mass is 119 g/mol. The van der Waals surface area contributed by atoms with E-state index in [1.165, 1.54) is 0 Å². The molecule has 3 nitrogen and oxygen atoms in total. The van der Waals surface area contributed by atoms with Crippen LogP contribution in [0.2, 0.25) is 0 Å². The third-order valence-electron chi connectivity index (χ3n) is 0.681. The highest BCUT2D eigenvalue weighted by molar-refractivity contribution is 6.20. The van der Waals surface area contributed by atoms with E-state index in [4.69, 9.17) is 11.6 Å². The van der Waals surface area contributed by atoms with Gasteiger partial charge in [-0.3, -0.25) is 5.01 Å². The maximum Gasteiger partial charge on any atom is 0.193 e. The molecular formula is C3H6ClN3. The molecule has 0 saturated carbocycles. The molecule has 1 atom stereocenters. The number of halogens is 1. The van der Waals surface area contributed by atoms with E-state index in [1.807, 2.05) is 7.05 Å². The fraction of sp³-hybridized carbons (Fsp3) is 0.667. The van der Waals surface area contributed by atoms with Crippen LogP contribution < -0.4 is 5.43 Å². The molecule has 1 aliphatic heterocycles. The highest BCUT2D eigenvalue weighted by atomic mass is 35.5. The van der Waals surface area contributed by atoms with Gasteiger partial charge >= 0.3 is 0 Å². The van der Waals surface area contributed by atoms with Crippen molar-refractivity contribution >= 4 is 17.9 Å². The van der Waals surface area contributed by atoms with Crippen molar-refractivity contribution in [2.45, 2.75) is 5.62 Å². The molecule has 1 rings (SSSR count). The minimum atomic E-state index is -0.259. The standard InChI is InChI=1S/C3H6ClN3/c1-7-2-5-3(4)6-7/h2-3,6H,1H3. The van der Waals surface area contributed by atoms with Gasteiger partial charge in [-0.15, -0.1) is 0 Å². The van der Waals surface area contributed by atoms with E-state index < -0.39 is 0 Å². The Morgan fingerprint density at radius 3 is 2.86 bits per heavy atom. The first-order chi connectivity index (χ1) is 3.29. The topological polar surface area (TPSA) is 27.6 Å². The lowest BCUT2D eigenvalue weighted by Gasteiger charge is -2.05. The molecule has 0 bridgehead atoms. The lowest BCUT2D eigenvalue weighted by molar-refractivity contribution is 0.401. The first-order valence-corrected chi connectivity index (χ1v) is 2.39. The summed E-state index contributed by atoms with van der Waals surface area (Å²) in [5.41, 5.74) is 2.53. The zero-order valence-corrected chi connectivity index (χ0v) is 4.68. The maximum atomic E-state index is 5.46. The third kappa shape index (κ3) is 1.04. The number of rotatable bonds is 0. The molecule has 0 radical (unpaired) electrons. The van der Waals surface area contributed by atoms with E-state index in [-0.39, 0.29) is 5.62 Å². The average molecular weight is 120 g/mol. The average Bonchev–Trinajstić information content (AvgIpc) is 1.87. The van der Waals surface area contributed by atoms with E-state index in [9.17, 15) is 0 Å². The van der Waals surface area contributed by atoms with E-state index in [0.29, 0.717) is 0 Å². The van der Waals surface area contributed by atoms with Gasteiger partial charge in [0, 0.05) is 7.05 Å². The van der Waals surface area contributed by atoms with Crippen LogP contribution in [0.5, 0.6) is 0 Å². The molecule has 0 spiro atoms. The van der Waals surface area contributed by atoms with Gasteiger partial charge in [0.2, 0.25) is 0 Å². The van der Waals surface area contributed by atoms with Gasteiger partial charge in [0.1, 0.15) is 6.34 Å². The molecule has 0 fully saturated rings. The van der Waals surface area contributed by atoms with Crippen LogP contribution in [0.15, 0.2) is 4.99 Å². The smallest absolute Gasteiger partial charge is 0.193 e. The summed E-state index contributed by atoms with van der Waals surface area (Å²) in [4.78, 5) is 3.77. The van der Waals surface area contributed by atoms with E-state index in [2.05, 4.69) is 10.4 Å². The molecule has 40 valence electrons. The predicted octanol–water partition coefficient (Wildman–Crippen LogP) is -0.0129. The van der Waals surface area contributed by atoms with Crippen molar-refractivity contribution in [3.8, 4) is 0 Å². The summed E-state index contributed by atoms with van der Waals surface area (Å²) in [6, 6.07) is 0. The Bertz CT molecular complexity index is 82.2. The minimum absolute atomic E-state index is 0.259. The second kappa shape index (κ2) is 1.68. The van der Waals surface area contributed by atoms with Crippen molar-refractivity contribution in [2.24, 2.45) is 4.99 Å². The van der Waals surface area contributed by atoms with Gasteiger partial charge in [-0.25, -0.2) is 4.99 Å². The van der Waals surface area contributed by atoms with Gasteiger partial charge in [-0.2, -0.15) is 5.43 Å². The summed E-state index contributed by atoms with van der Waals surface area (Å²) in [5.74, 6) is 0. The molecule has 0 aromatic carbocycles. The van der Waals surface area contributed by atoms with Crippen LogP contribution in [0.25, 0.3) is 0 Å². The maximum absolute atomic E-state index is 5.46. The Morgan fingerprint density at radius 1 is 2.00 bits per heavy atom. The van der Waals surface area contributed by atoms with Crippen LogP contribution in [0.4, 0.5) is 0 Å². The highest BCUT2D eigenvalue weighted by Gasteiger charge is 2.06. The molecule has 0 aromatic heterocycles. The molecule has 1 aliphatic rings. The SMILES string of the molecule is CN1C=NC(Cl)N1. The first kappa shape index (κ1) is 4.87. The summed E-state index contributed by atoms with van der Waals surface area (Å²) in [7, 11) is 1.84. The quantitative estimate of drug-likeness (QED) is 0.359. The zero-order valence-electron chi connectivity index (χ0n) is 3.93. The van der Waals surface area contributed by atoms with E-state index >= 15 is 0 Å². The van der Waals surface area contributed by atoms with E-state index in [0.717, 1.165) is 0 Å². The lowest BCUT2D eigenvalue weighted by Crippen LogP contribution is -2.30. The summed E-state index contributed by atoms with van der Waals surface area (Å²) in [6.07, 6.45) is 1.64. The van der Waals surface area contributed by atoms with Crippen LogP contribution in [0, 0.1) is 0 Å². The molecule has 0 amide bonds. The fourth-order valence-corrected chi connectivity index (χ4v) is 0.598. The number of hydrogen-bond acceptors (Lipinski definition) is 3. The highest BCUT2D eigenvalue weighted by Crippen LogP contribution is 1.96. The molecule has 1 heterocycles. The summed E-state index contributed by atoms with van der Waals surface area (Å²) >= 11 is 5.46. The zero-order chi connectivity index (χ0) is 5.28. The van der Waals surface area contributed by atoms with Crippen molar-refractivity contribution < 1.29 is 0 Å². The number of nitrogens with zero attached hydrogens (tertiary/aromatic N) is 2. The number of alkyl halides is 1. The second-order valence-electron chi connectivity index (χ2n) is 1.34. The number of hydrogen-bond donors (Lipinski definition) is 1. The Labute approximate surface area is 46.9 Å². The van der Waals surface area contributed by atoms with Gasteiger partial charge in [-0.05, 0) is 0 Å². The molecule has 1 unspecified atom stereocenters. The van der Waals surface area contributed by atoms with Crippen molar-refractivity contribution in [2.75, 3.05) is 7.05 Å². The van der Waals surface area contributed by atoms with Crippen LogP contribution in [0.3, 0.4) is 0 Å². The second-order valence-corrected chi connectivity index (χ2v) is 1.75. The predicted molar refractivity (Wildman–Crippen MR) is 29.0 cm³/mol. The third-order valence-corrected chi connectivity index (χ3v) is 0.891. The molecule has 0 aliphatic carbocycles. The van der Waals surface area contributed by atoms with Crippen LogP contribution in [0.1, 0.15) is 0 Å². The van der Waals surface area contributed by atoms with Crippen molar-refractivity contribution in [3.63, 3.8) is 0 Å². The number of nitrogens with one attached hydrogen (secondary N) is 1. The lowest BCUT2D eigenvalue weighted by atomic mass is 11.1. The molecular weight excluding hydrogens is 114 g/mol. The Kier molecular flexibility index (Phi) is 1.17. The molecule has 0 aromatic rings. The Balaban J connectivity index is 2.42. The van der Waals surface area contributed by atoms with Crippen LogP contribution in [-0.2, 0) is 0 Å². The normalized spacial score (nSPS) is 29.4. The van der Waals surface area contributed by atoms with Gasteiger partial charge in [0.25, 0.3) is 0 Å². The summed E-state index contributed by atoms with van der Waals surface area (Å²) in [5, 5.41) is 1.71. The van der Waals surface area contributed by atoms with E-state index in [1.54, 1.807) is 11.3 Å². The summed E-state index contributed by atoms with van der Waals surface area (Å²) in [6.45, 7) is 0. The van der Waals surface area contributed by atoms with Crippen LogP contribution >= 0.6 is 11.6 Å². The largest absolute Gasteiger partial charge is 0.299 e. The molecule has 4 heteroatoms. The van der Waals surface area contributed by atoms with Gasteiger partial charge < -0.3 is 0 Å². The molecule has 1 N–H and O–H groups in total. The van der Waals surface area contributed by atoms with Crippen molar-refractivity contribution in [1.29, 1.82) is 0 Å². The Hall–Kier alpha value is -0.280. The first-order valence-electron chi connectivity index (χ1n) is 1.95. The van der Waals surface area contributed by atoms with Gasteiger partial charge in [0.15, 0.2) is 5.62 Å².